The number of aryl methyl sites for hydroxylation is 1. The second-order valence-electron chi connectivity index (χ2n) is 8.06. The zero-order chi connectivity index (χ0) is 22.8. The summed E-state index contributed by atoms with van der Waals surface area (Å²) in [6.07, 6.45) is 1.67. The molecule has 2 aromatic heterocycles. The number of thiazole rings is 1. The zero-order valence-electron chi connectivity index (χ0n) is 18.2. The fourth-order valence-electron chi connectivity index (χ4n) is 4.05. The summed E-state index contributed by atoms with van der Waals surface area (Å²) in [5, 5.41) is 6.36. The maximum Gasteiger partial charge on any atom is 0.253 e. The number of rotatable bonds is 6. The molecule has 1 unspecified atom stereocenters. The molecule has 0 aliphatic carbocycles. The molecule has 0 fully saturated rings. The Kier molecular flexibility index (Phi) is 5.63. The van der Waals surface area contributed by atoms with Crippen LogP contribution in [0.1, 0.15) is 22.6 Å². The Morgan fingerprint density at radius 2 is 1.79 bits per heavy atom. The molecule has 1 atom stereocenters. The van der Waals surface area contributed by atoms with Crippen molar-refractivity contribution in [2.45, 2.75) is 12.8 Å². The lowest BCUT2D eigenvalue weighted by Gasteiger charge is -2.20. The molecule has 5 aromatic rings. The Hall–Kier alpha value is -3.96. The van der Waals surface area contributed by atoms with Gasteiger partial charge in [0.25, 0.3) is 5.91 Å². The van der Waals surface area contributed by atoms with E-state index >= 15 is 0 Å². The number of aromatic nitrogens is 2. The number of amides is 1. The van der Waals surface area contributed by atoms with Gasteiger partial charge >= 0.3 is 0 Å². The monoisotopic (exact) mass is 449 g/mol. The first-order chi connectivity index (χ1) is 16.1. The lowest BCUT2D eigenvalue weighted by molar-refractivity contribution is -0.113. The van der Waals surface area contributed by atoms with Gasteiger partial charge in [-0.05, 0) is 41.8 Å². The van der Waals surface area contributed by atoms with Crippen molar-refractivity contribution >= 4 is 33.3 Å². The van der Waals surface area contributed by atoms with E-state index in [1.54, 1.807) is 6.20 Å². The number of aromatic amines is 1. The molecule has 5 heteroatoms. The predicted octanol–water partition coefficient (Wildman–Crippen LogP) is 6.93. The van der Waals surface area contributed by atoms with E-state index in [1.807, 2.05) is 35.7 Å². The van der Waals surface area contributed by atoms with Gasteiger partial charge in [-0.2, -0.15) is 0 Å². The highest BCUT2D eigenvalue weighted by Gasteiger charge is 2.24. The van der Waals surface area contributed by atoms with Gasteiger partial charge in [0.15, 0.2) is 5.13 Å². The number of anilines is 1. The van der Waals surface area contributed by atoms with Gasteiger partial charge in [-0.25, -0.2) is 4.98 Å². The van der Waals surface area contributed by atoms with E-state index < -0.39 is 0 Å². The topological polar surface area (TPSA) is 57.8 Å². The smallest absolute Gasteiger partial charge is 0.253 e. The first-order valence-corrected chi connectivity index (χ1v) is 11.6. The number of carbonyl (C=O) groups is 1. The average Bonchev–Trinajstić information content (AvgIpc) is 3.50. The first kappa shape index (κ1) is 20.9. The molecule has 3 aromatic carbocycles. The lowest BCUT2D eigenvalue weighted by Crippen LogP contribution is -2.19. The summed E-state index contributed by atoms with van der Waals surface area (Å²) in [6.45, 7) is 6.27. The largest absolute Gasteiger partial charge is 0.355 e. The first-order valence-electron chi connectivity index (χ1n) is 10.7. The van der Waals surface area contributed by atoms with Crippen LogP contribution in [0.2, 0.25) is 0 Å². The SMILES string of the molecule is C=C(C(=O)Nc1nccs1)C(c1ccccc1)c1ccc2[nH]c(-c3ccc(C)cc3)cc2c1. The summed E-state index contributed by atoms with van der Waals surface area (Å²) in [7, 11) is 0. The molecule has 0 radical (unpaired) electrons. The van der Waals surface area contributed by atoms with Crippen LogP contribution in [-0.2, 0) is 4.79 Å². The number of carbonyl (C=O) groups excluding carboxylic acids is 1. The van der Waals surface area contributed by atoms with Gasteiger partial charge in [0.1, 0.15) is 0 Å². The second-order valence-corrected chi connectivity index (χ2v) is 8.95. The quantitative estimate of drug-likeness (QED) is 0.276. The van der Waals surface area contributed by atoms with E-state index in [4.69, 9.17) is 0 Å². The molecule has 0 bridgehead atoms. The Morgan fingerprint density at radius 1 is 1.00 bits per heavy atom. The molecule has 0 saturated carbocycles. The van der Waals surface area contributed by atoms with E-state index in [0.29, 0.717) is 10.7 Å². The Morgan fingerprint density at radius 3 is 2.52 bits per heavy atom. The molecule has 2 N–H and O–H groups in total. The van der Waals surface area contributed by atoms with Gasteiger partial charge in [-0.1, -0.05) is 72.8 Å². The van der Waals surface area contributed by atoms with E-state index in [0.717, 1.165) is 33.3 Å². The van der Waals surface area contributed by atoms with Crippen LogP contribution in [0.25, 0.3) is 22.2 Å². The summed E-state index contributed by atoms with van der Waals surface area (Å²) >= 11 is 1.39. The number of nitrogens with zero attached hydrogens (tertiary/aromatic N) is 1. The van der Waals surface area contributed by atoms with Crippen molar-refractivity contribution in [2.24, 2.45) is 0 Å². The van der Waals surface area contributed by atoms with E-state index in [2.05, 4.69) is 77.3 Å². The highest BCUT2D eigenvalue weighted by atomic mass is 32.1. The van der Waals surface area contributed by atoms with Crippen LogP contribution in [0.3, 0.4) is 0 Å². The number of hydrogen-bond acceptors (Lipinski definition) is 3. The van der Waals surface area contributed by atoms with Gasteiger partial charge in [-0.3, -0.25) is 10.1 Å². The maximum absolute atomic E-state index is 13.0. The van der Waals surface area contributed by atoms with Crippen molar-refractivity contribution < 1.29 is 4.79 Å². The van der Waals surface area contributed by atoms with Crippen LogP contribution in [0.4, 0.5) is 5.13 Å². The van der Waals surface area contributed by atoms with E-state index in [1.165, 1.54) is 16.9 Å². The Labute approximate surface area is 196 Å². The molecule has 4 nitrogen and oxygen atoms in total. The van der Waals surface area contributed by atoms with Crippen molar-refractivity contribution in [3.05, 3.63) is 119 Å². The average molecular weight is 450 g/mol. The number of nitrogens with one attached hydrogen (secondary N) is 2. The number of H-pyrrole nitrogens is 1. The summed E-state index contributed by atoms with van der Waals surface area (Å²) in [5.74, 6) is -0.499. The number of benzene rings is 3. The Balaban J connectivity index is 1.53. The second kappa shape index (κ2) is 8.88. The van der Waals surface area contributed by atoms with E-state index in [9.17, 15) is 4.79 Å². The van der Waals surface area contributed by atoms with Crippen LogP contribution < -0.4 is 5.32 Å². The lowest BCUT2D eigenvalue weighted by atomic mass is 9.84. The van der Waals surface area contributed by atoms with Crippen molar-refractivity contribution in [3.8, 4) is 11.3 Å². The number of fused-ring (bicyclic) bond motifs is 1. The fraction of sp³-hybridized carbons (Fsp3) is 0.0714. The molecule has 1 amide bonds. The van der Waals surface area contributed by atoms with Crippen molar-refractivity contribution in [3.63, 3.8) is 0 Å². The highest BCUT2D eigenvalue weighted by molar-refractivity contribution is 7.13. The molecule has 33 heavy (non-hydrogen) atoms. The van der Waals surface area contributed by atoms with Crippen molar-refractivity contribution in [2.75, 3.05) is 5.32 Å². The molecule has 0 aliphatic heterocycles. The predicted molar refractivity (Wildman–Crippen MR) is 137 cm³/mol. The maximum atomic E-state index is 13.0. The zero-order valence-corrected chi connectivity index (χ0v) is 19.0. The molecule has 0 aliphatic rings. The van der Waals surface area contributed by atoms with Crippen molar-refractivity contribution in [1.82, 2.24) is 9.97 Å². The van der Waals surface area contributed by atoms with Crippen LogP contribution in [-0.4, -0.2) is 15.9 Å². The molecule has 0 saturated heterocycles. The fourth-order valence-corrected chi connectivity index (χ4v) is 4.58. The highest BCUT2D eigenvalue weighted by Crippen LogP contribution is 2.34. The molecule has 0 spiro atoms. The third-order valence-electron chi connectivity index (χ3n) is 5.77. The normalized spacial score (nSPS) is 11.9. The van der Waals surface area contributed by atoms with Crippen LogP contribution in [0.5, 0.6) is 0 Å². The van der Waals surface area contributed by atoms with Gasteiger partial charge in [-0.15, -0.1) is 11.3 Å². The summed E-state index contributed by atoms with van der Waals surface area (Å²) in [4.78, 5) is 20.7. The minimum atomic E-state index is -0.270. The van der Waals surface area contributed by atoms with E-state index in [-0.39, 0.29) is 11.8 Å². The van der Waals surface area contributed by atoms with Crippen molar-refractivity contribution in [1.29, 1.82) is 0 Å². The standard InChI is InChI=1S/C28H23N3OS/c1-18-8-10-20(11-9-18)25-17-23-16-22(12-13-24(23)30-25)26(21-6-4-3-5-7-21)19(2)27(32)31-28-29-14-15-33-28/h3-17,26,30H,2H2,1H3,(H,29,31,32). The molecule has 2 heterocycles. The molecule has 5 rings (SSSR count). The van der Waals surface area contributed by atoms with Gasteiger partial charge < -0.3 is 4.98 Å². The Bertz CT molecular complexity index is 1420. The van der Waals surface area contributed by atoms with Crippen LogP contribution in [0, 0.1) is 6.92 Å². The summed E-state index contributed by atoms with van der Waals surface area (Å²) in [5.41, 5.74) is 7.01. The van der Waals surface area contributed by atoms with Crippen LogP contribution in [0.15, 0.2) is 103 Å². The molecular formula is C28H23N3OS. The van der Waals surface area contributed by atoms with Crippen LogP contribution >= 0.6 is 11.3 Å². The minimum absolute atomic E-state index is 0.228. The third kappa shape index (κ3) is 4.36. The minimum Gasteiger partial charge on any atom is -0.355 e. The summed E-state index contributed by atoms with van der Waals surface area (Å²) < 4.78 is 0. The van der Waals surface area contributed by atoms with Gasteiger partial charge in [0.2, 0.25) is 0 Å². The third-order valence-corrected chi connectivity index (χ3v) is 6.46. The summed E-state index contributed by atoms with van der Waals surface area (Å²) in [6, 6.07) is 26.9. The number of hydrogen-bond donors (Lipinski definition) is 2. The van der Waals surface area contributed by atoms with Gasteiger partial charge in [0.05, 0.1) is 0 Å². The molecule has 162 valence electrons. The molecular weight excluding hydrogens is 426 g/mol. The van der Waals surface area contributed by atoms with Gasteiger partial charge in [0, 0.05) is 39.7 Å².